The van der Waals surface area contributed by atoms with Gasteiger partial charge in [-0.3, -0.25) is 9.59 Å². The Balaban J connectivity index is 2.06. The second-order valence-electron chi connectivity index (χ2n) is 6.55. The maximum absolute atomic E-state index is 13.0. The van der Waals surface area contributed by atoms with E-state index in [9.17, 15) is 14.0 Å². The van der Waals surface area contributed by atoms with E-state index >= 15 is 0 Å². The highest BCUT2D eigenvalue weighted by Gasteiger charge is 2.24. The van der Waals surface area contributed by atoms with Gasteiger partial charge in [0.15, 0.2) is 0 Å². The average molecular weight is 464 g/mol. The molecule has 0 saturated carbocycles. The van der Waals surface area contributed by atoms with Gasteiger partial charge in [0.25, 0.3) is 11.8 Å². The summed E-state index contributed by atoms with van der Waals surface area (Å²) in [6, 6.07) is 9.77. The predicted molar refractivity (Wildman–Crippen MR) is 114 cm³/mol. The molecule has 0 heterocycles. The van der Waals surface area contributed by atoms with Gasteiger partial charge in [-0.15, -0.1) is 0 Å². The van der Waals surface area contributed by atoms with Crippen molar-refractivity contribution in [3.63, 3.8) is 0 Å². The van der Waals surface area contributed by atoms with Crippen LogP contribution >= 0.6 is 15.9 Å². The van der Waals surface area contributed by atoms with Crippen molar-refractivity contribution in [2.24, 2.45) is 11.0 Å². The van der Waals surface area contributed by atoms with Gasteiger partial charge in [-0.1, -0.05) is 29.8 Å². The molecule has 2 rings (SSSR count). The van der Waals surface area contributed by atoms with Gasteiger partial charge in [-0.05, 0) is 55.3 Å². The Labute approximate surface area is 177 Å². The Kier molecular flexibility index (Phi) is 8.33. The van der Waals surface area contributed by atoms with Crippen molar-refractivity contribution in [1.29, 1.82) is 0 Å². The van der Waals surface area contributed by atoms with Crippen LogP contribution in [0.25, 0.3) is 0 Å². The molecular weight excluding hydrogens is 441 g/mol. The molecule has 0 spiro atoms. The molecule has 0 aliphatic heterocycles. The Hall–Kier alpha value is -2.74. The Bertz CT molecular complexity index is 885. The topological polar surface area (TPSA) is 79.8 Å². The zero-order chi connectivity index (χ0) is 21.4. The maximum atomic E-state index is 13.0. The van der Waals surface area contributed by atoms with Gasteiger partial charge >= 0.3 is 0 Å². The molecule has 0 saturated heterocycles. The van der Waals surface area contributed by atoms with Gasteiger partial charge in [0, 0.05) is 15.6 Å². The van der Waals surface area contributed by atoms with Crippen molar-refractivity contribution in [2.75, 3.05) is 6.61 Å². The fourth-order valence-electron chi connectivity index (χ4n) is 2.50. The maximum Gasteiger partial charge on any atom is 0.262 e. The smallest absolute Gasteiger partial charge is 0.262 e. The van der Waals surface area contributed by atoms with E-state index in [0.29, 0.717) is 17.9 Å². The van der Waals surface area contributed by atoms with Crippen molar-refractivity contribution < 1.29 is 18.7 Å². The first-order valence-electron chi connectivity index (χ1n) is 9.13. The zero-order valence-corrected chi connectivity index (χ0v) is 18.0. The molecule has 0 aliphatic rings. The third-order valence-corrected chi connectivity index (χ3v) is 4.49. The van der Waals surface area contributed by atoms with E-state index in [1.54, 1.807) is 19.9 Å². The summed E-state index contributed by atoms with van der Waals surface area (Å²) in [7, 11) is 0. The number of ether oxygens (including phenoxy) is 1. The molecule has 6 nitrogen and oxygen atoms in total. The second kappa shape index (κ2) is 10.7. The van der Waals surface area contributed by atoms with Crippen LogP contribution in [-0.4, -0.2) is 30.7 Å². The lowest BCUT2D eigenvalue weighted by Crippen LogP contribution is -2.48. The first-order chi connectivity index (χ1) is 13.8. The molecule has 2 N–H and O–H groups in total. The summed E-state index contributed by atoms with van der Waals surface area (Å²) in [6.07, 6.45) is 1.48. The summed E-state index contributed by atoms with van der Waals surface area (Å²) in [5.41, 5.74) is 3.41. The summed E-state index contributed by atoms with van der Waals surface area (Å²) in [5.74, 6) is -0.903. The predicted octanol–water partition coefficient (Wildman–Crippen LogP) is 3.89. The molecule has 29 heavy (non-hydrogen) atoms. The standard InChI is InChI=1S/C21H23BrFN3O3/c1-4-29-18-10-7-16(22)11-15(18)12-24-26-21(28)19(13(2)3)25-20(27)14-5-8-17(23)9-6-14/h5-13,19H,4H2,1-3H3,(H,25,27)(H,26,28)/b24-12+. The second-order valence-corrected chi connectivity index (χ2v) is 7.47. The molecule has 0 bridgehead atoms. The SMILES string of the molecule is CCOc1ccc(Br)cc1/C=N/NC(=O)C(NC(=O)c1ccc(F)cc1)C(C)C. The van der Waals surface area contributed by atoms with E-state index in [-0.39, 0.29) is 11.5 Å². The van der Waals surface area contributed by atoms with Gasteiger partial charge < -0.3 is 10.1 Å². The minimum atomic E-state index is -0.807. The summed E-state index contributed by atoms with van der Waals surface area (Å²) < 4.78 is 19.4. The molecule has 0 fully saturated rings. The van der Waals surface area contributed by atoms with Crippen molar-refractivity contribution in [2.45, 2.75) is 26.8 Å². The third kappa shape index (κ3) is 6.67. The highest BCUT2D eigenvalue weighted by atomic mass is 79.9. The molecule has 2 aromatic carbocycles. The minimum Gasteiger partial charge on any atom is -0.493 e. The van der Waals surface area contributed by atoms with E-state index in [1.807, 2.05) is 19.1 Å². The number of hydrazone groups is 1. The van der Waals surface area contributed by atoms with Crippen LogP contribution in [0.1, 0.15) is 36.7 Å². The Morgan fingerprint density at radius 1 is 1.21 bits per heavy atom. The number of nitrogens with zero attached hydrogens (tertiary/aromatic N) is 1. The summed E-state index contributed by atoms with van der Waals surface area (Å²) in [5, 5.41) is 6.66. The van der Waals surface area contributed by atoms with Gasteiger partial charge in [0.1, 0.15) is 17.6 Å². The van der Waals surface area contributed by atoms with Gasteiger partial charge in [-0.25, -0.2) is 9.82 Å². The molecule has 0 radical (unpaired) electrons. The Morgan fingerprint density at radius 2 is 1.90 bits per heavy atom. The monoisotopic (exact) mass is 463 g/mol. The first kappa shape index (κ1) is 22.5. The molecule has 2 aromatic rings. The molecule has 2 amide bonds. The van der Waals surface area contributed by atoms with Crippen LogP contribution in [0.4, 0.5) is 4.39 Å². The largest absolute Gasteiger partial charge is 0.493 e. The number of carbonyl (C=O) groups excluding carboxylic acids is 2. The van der Waals surface area contributed by atoms with Crippen molar-refractivity contribution in [3.8, 4) is 5.75 Å². The fraction of sp³-hybridized carbons (Fsp3) is 0.286. The third-order valence-electron chi connectivity index (χ3n) is 3.99. The molecule has 0 aliphatic carbocycles. The van der Waals surface area contributed by atoms with Gasteiger partial charge in [0.2, 0.25) is 0 Å². The van der Waals surface area contributed by atoms with E-state index in [4.69, 9.17) is 4.74 Å². The van der Waals surface area contributed by atoms with E-state index in [0.717, 1.165) is 4.47 Å². The number of hydrogen-bond acceptors (Lipinski definition) is 4. The number of benzene rings is 2. The van der Waals surface area contributed by atoms with Crippen LogP contribution in [-0.2, 0) is 4.79 Å². The normalized spacial score (nSPS) is 12.1. The Morgan fingerprint density at radius 3 is 2.52 bits per heavy atom. The van der Waals surface area contributed by atoms with Gasteiger partial charge in [0.05, 0.1) is 12.8 Å². The molecule has 154 valence electrons. The molecular formula is C21H23BrFN3O3. The highest BCUT2D eigenvalue weighted by molar-refractivity contribution is 9.10. The zero-order valence-electron chi connectivity index (χ0n) is 16.4. The lowest BCUT2D eigenvalue weighted by atomic mass is 10.0. The number of carbonyl (C=O) groups is 2. The number of hydrogen-bond donors (Lipinski definition) is 2. The van der Waals surface area contributed by atoms with Crippen LogP contribution in [0, 0.1) is 11.7 Å². The summed E-state index contributed by atoms with van der Waals surface area (Å²) in [6.45, 7) is 5.99. The van der Waals surface area contributed by atoms with Crippen molar-refractivity contribution in [3.05, 3.63) is 63.9 Å². The average Bonchev–Trinajstić information content (AvgIpc) is 2.68. The minimum absolute atomic E-state index is 0.181. The lowest BCUT2D eigenvalue weighted by Gasteiger charge is -2.20. The van der Waals surface area contributed by atoms with Crippen LogP contribution in [0.15, 0.2) is 52.0 Å². The van der Waals surface area contributed by atoms with Crippen LogP contribution < -0.4 is 15.5 Å². The van der Waals surface area contributed by atoms with Crippen LogP contribution in [0.5, 0.6) is 5.75 Å². The van der Waals surface area contributed by atoms with Crippen molar-refractivity contribution >= 4 is 34.0 Å². The molecule has 0 aromatic heterocycles. The van der Waals surface area contributed by atoms with Crippen LogP contribution in [0.2, 0.25) is 0 Å². The van der Waals surface area contributed by atoms with Crippen molar-refractivity contribution in [1.82, 2.24) is 10.7 Å². The van der Waals surface area contributed by atoms with E-state index in [2.05, 4.69) is 31.8 Å². The molecule has 1 atom stereocenters. The fourth-order valence-corrected chi connectivity index (χ4v) is 2.88. The number of amides is 2. The number of halogens is 2. The molecule has 1 unspecified atom stereocenters. The van der Waals surface area contributed by atoms with Gasteiger partial charge in [-0.2, -0.15) is 5.10 Å². The highest BCUT2D eigenvalue weighted by Crippen LogP contribution is 2.21. The quantitative estimate of drug-likeness (QED) is 0.460. The number of nitrogens with one attached hydrogen (secondary N) is 2. The number of rotatable bonds is 8. The summed E-state index contributed by atoms with van der Waals surface area (Å²) in [4.78, 5) is 24.9. The van der Waals surface area contributed by atoms with E-state index in [1.165, 1.54) is 30.5 Å². The first-order valence-corrected chi connectivity index (χ1v) is 9.92. The van der Waals surface area contributed by atoms with E-state index < -0.39 is 23.7 Å². The lowest BCUT2D eigenvalue weighted by molar-refractivity contribution is -0.123. The van der Waals surface area contributed by atoms with Crippen LogP contribution in [0.3, 0.4) is 0 Å². The molecule has 8 heteroatoms. The summed E-state index contributed by atoms with van der Waals surface area (Å²) >= 11 is 3.39.